The van der Waals surface area contributed by atoms with Crippen LogP contribution < -0.4 is 0 Å². The molecule has 0 saturated carbocycles. The van der Waals surface area contributed by atoms with Crippen molar-refractivity contribution >= 4 is 63.4 Å². The van der Waals surface area contributed by atoms with Crippen molar-refractivity contribution in [1.29, 1.82) is 0 Å². The molecule has 16 nitrogen and oxygen atoms in total. The molecule has 0 bridgehead atoms. The first-order chi connectivity index (χ1) is 28.7. The molecule has 2 aliphatic rings. The number of ether oxygens (including phenoxy) is 5. The van der Waals surface area contributed by atoms with E-state index >= 15 is 4.39 Å². The predicted octanol–water partition coefficient (Wildman–Crippen LogP) is 7.39. The zero-order valence-corrected chi connectivity index (χ0v) is 34.4. The maximum Gasteiger partial charge on any atom is 0.339 e. The molecule has 60 heavy (non-hydrogen) atoms. The van der Waals surface area contributed by atoms with E-state index in [0.29, 0.717) is 45.9 Å². The average Bonchev–Trinajstić information content (AvgIpc) is 4.01. The van der Waals surface area contributed by atoms with Gasteiger partial charge in [0.2, 0.25) is 11.9 Å². The first-order valence-electron chi connectivity index (χ1n) is 18.7. The summed E-state index contributed by atoms with van der Waals surface area (Å²) in [5.41, 5.74) is -0.634. The van der Waals surface area contributed by atoms with Gasteiger partial charge in [-0.25, -0.2) is 48.3 Å². The zero-order valence-electron chi connectivity index (χ0n) is 32.9. The fourth-order valence-corrected chi connectivity index (χ4v) is 6.95. The quantitative estimate of drug-likeness (QED) is 0.0904. The van der Waals surface area contributed by atoms with Gasteiger partial charge >= 0.3 is 17.9 Å². The normalized spacial score (nSPS) is 25.8. The number of nitrogens with zero attached hydrogens (tertiary/aromatic N) is 7. The van der Waals surface area contributed by atoms with E-state index in [1.54, 1.807) is 67.6 Å². The number of fused-ring (bicyclic) bond motifs is 2. The van der Waals surface area contributed by atoms with E-state index in [2.05, 4.69) is 34.9 Å². The van der Waals surface area contributed by atoms with E-state index in [1.807, 2.05) is 6.92 Å². The van der Waals surface area contributed by atoms with Gasteiger partial charge in [0.1, 0.15) is 23.7 Å². The first kappa shape index (κ1) is 43.9. The summed E-state index contributed by atoms with van der Waals surface area (Å²) in [6.07, 6.45) is -0.462. The SMILES string of the molecule is CC[C@H]1OC(OC(C)=O)[C@](C)(OC(=O)c2ccccc2)[C@@H]1F.CC[C@H]1O[C@@H](n2cnc3c(Cl)ncnc32)[C@](C)(OC(=O)c2ccccc2)[C@@H]1F.Clc1ncnc2nc[nH]c12. The molecule has 0 aliphatic carbocycles. The second kappa shape index (κ2) is 18.7. The highest BCUT2D eigenvalue weighted by Crippen LogP contribution is 2.45. The van der Waals surface area contributed by atoms with Crippen LogP contribution in [0.5, 0.6) is 0 Å². The van der Waals surface area contributed by atoms with Crippen LogP contribution in [0, 0.1) is 0 Å². The molecule has 8 rings (SSSR count). The Balaban J connectivity index is 0.000000167. The summed E-state index contributed by atoms with van der Waals surface area (Å²) in [6.45, 7) is 7.64. The largest absolute Gasteiger partial charge is 0.448 e. The number of esters is 3. The van der Waals surface area contributed by atoms with Crippen molar-refractivity contribution in [3.05, 3.63) is 107 Å². The van der Waals surface area contributed by atoms with E-state index in [4.69, 9.17) is 46.9 Å². The minimum Gasteiger partial charge on any atom is -0.448 e. The smallest absolute Gasteiger partial charge is 0.339 e. The van der Waals surface area contributed by atoms with Crippen LogP contribution in [-0.4, -0.2) is 99.4 Å². The fourth-order valence-electron chi connectivity index (χ4n) is 6.59. The molecule has 316 valence electrons. The number of aromatic nitrogens is 8. The summed E-state index contributed by atoms with van der Waals surface area (Å²) in [5.74, 6) is -1.95. The molecule has 2 fully saturated rings. The van der Waals surface area contributed by atoms with Crippen molar-refractivity contribution in [2.45, 2.75) is 95.7 Å². The van der Waals surface area contributed by atoms with E-state index < -0.39 is 66.2 Å². The van der Waals surface area contributed by atoms with Crippen LogP contribution in [0.25, 0.3) is 22.3 Å². The molecular formula is C40H40Cl2F2N8O8. The van der Waals surface area contributed by atoms with E-state index in [1.165, 1.54) is 50.6 Å². The zero-order chi connectivity index (χ0) is 43.2. The Hall–Kier alpha value is -5.69. The molecule has 20 heteroatoms. The highest BCUT2D eigenvalue weighted by molar-refractivity contribution is 6.33. The van der Waals surface area contributed by atoms with E-state index in [-0.39, 0.29) is 10.7 Å². The lowest BCUT2D eigenvalue weighted by molar-refractivity contribution is -0.203. The minimum atomic E-state index is -1.68. The number of alkyl halides is 2. The monoisotopic (exact) mass is 868 g/mol. The van der Waals surface area contributed by atoms with Crippen LogP contribution in [0.2, 0.25) is 10.3 Å². The number of halogens is 4. The molecule has 0 spiro atoms. The molecule has 1 N–H and O–H groups in total. The van der Waals surface area contributed by atoms with Crippen molar-refractivity contribution in [2.24, 2.45) is 0 Å². The van der Waals surface area contributed by atoms with E-state index in [0.717, 1.165) is 0 Å². The standard InChI is InChI=1S/C19H18ClFN4O3.C16H19FO5.C5H3ClN4/c1-3-12-14(21)19(2,28-17(26)11-7-5-4-6-8-11)18(27-12)25-10-24-13-15(20)22-9-23-16(13)25;1-4-12-13(17)16(3,15(21-12)20-10(2)18)22-14(19)11-8-6-5-7-9-11;6-4-3-5(9-1-7-3)10-2-8-4/h4-10,12,14,18H,3H2,1-2H3;5-9,12-13,15H,4H2,1-3H3;1-2H,(H,7,8,9,10)/t12-,14-,18-,19-;12-,13-,15?,16-;/m11./s1. The number of aromatic amines is 1. The third kappa shape index (κ3) is 9.06. The van der Waals surface area contributed by atoms with Crippen LogP contribution in [0.3, 0.4) is 0 Å². The number of imidazole rings is 2. The maximum absolute atomic E-state index is 15.3. The van der Waals surface area contributed by atoms with Crippen molar-refractivity contribution < 1.29 is 46.8 Å². The predicted molar refractivity (Wildman–Crippen MR) is 212 cm³/mol. The van der Waals surface area contributed by atoms with Crippen molar-refractivity contribution in [2.75, 3.05) is 0 Å². The molecule has 8 atom stereocenters. The van der Waals surface area contributed by atoms with Gasteiger partial charge in [-0.15, -0.1) is 0 Å². The highest BCUT2D eigenvalue weighted by Gasteiger charge is 2.60. The lowest BCUT2D eigenvalue weighted by Crippen LogP contribution is -2.48. The maximum atomic E-state index is 15.3. The Kier molecular flexibility index (Phi) is 13.7. The van der Waals surface area contributed by atoms with Gasteiger partial charge in [-0.05, 0) is 51.0 Å². The molecule has 6 aromatic rings. The number of benzene rings is 2. The summed E-state index contributed by atoms with van der Waals surface area (Å²) in [4.78, 5) is 62.7. The van der Waals surface area contributed by atoms with Gasteiger partial charge in [0.05, 0.1) is 36.0 Å². The molecule has 2 aromatic carbocycles. The Labute approximate surface area is 351 Å². The lowest BCUT2D eigenvalue weighted by Gasteiger charge is -2.31. The molecular weight excluding hydrogens is 829 g/mol. The van der Waals surface area contributed by atoms with Gasteiger partial charge in [-0.3, -0.25) is 9.36 Å². The number of H-pyrrole nitrogens is 1. The molecule has 2 saturated heterocycles. The Morgan fingerprint density at radius 2 is 1.32 bits per heavy atom. The molecule has 2 aliphatic heterocycles. The molecule has 6 heterocycles. The molecule has 0 radical (unpaired) electrons. The molecule has 0 amide bonds. The second-order valence-corrected chi connectivity index (χ2v) is 14.6. The number of nitrogens with one attached hydrogen (secondary N) is 1. The summed E-state index contributed by atoms with van der Waals surface area (Å²) in [6, 6.07) is 16.7. The summed E-state index contributed by atoms with van der Waals surface area (Å²) in [7, 11) is 0. The van der Waals surface area contributed by atoms with Crippen molar-refractivity contribution in [3.8, 4) is 0 Å². The topological polar surface area (TPSA) is 195 Å². The van der Waals surface area contributed by atoms with Crippen LogP contribution in [0.4, 0.5) is 8.78 Å². The Morgan fingerprint density at radius 1 is 0.767 bits per heavy atom. The fraction of sp³-hybridized carbons (Fsp3) is 0.375. The third-order valence-electron chi connectivity index (χ3n) is 9.77. The number of carbonyl (C=O) groups is 3. The van der Waals surface area contributed by atoms with Gasteiger partial charge in [-0.1, -0.05) is 73.4 Å². The highest BCUT2D eigenvalue weighted by atomic mass is 35.5. The van der Waals surface area contributed by atoms with Crippen LogP contribution in [-0.2, 0) is 28.5 Å². The number of carbonyl (C=O) groups excluding carboxylic acids is 3. The van der Waals surface area contributed by atoms with Crippen molar-refractivity contribution in [3.63, 3.8) is 0 Å². The number of rotatable bonds is 8. The summed E-state index contributed by atoms with van der Waals surface area (Å²) >= 11 is 11.7. The van der Waals surface area contributed by atoms with Gasteiger partial charge in [0.15, 0.2) is 45.8 Å². The first-order valence-corrected chi connectivity index (χ1v) is 19.4. The Bertz CT molecular complexity index is 2430. The van der Waals surface area contributed by atoms with E-state index in [9.17, 15) is 18.8 Å². The van der Waals surface area contributed by atoms with Crippen LogP contribution in [0.15, 0.2) is 86.0 Å². The third-order valence-corrected chi connectivity index (χ3v) is 10.3. The summed E-state index contributed by atoms with van der Waals surface area (Å²) in [5, 5.41) is 0.580. The molecule has 1 unspecified atom stereocenters. The van der Waals surface area contributed by atoms with Gasteiger partial charge < -0.3 is 28.7 Å². The molecule has 4 aromatic heterocycles. The minimum absolute atomic E-state index is 0.175. The number of hydrogen-bond acceptors (Lipinski definition) is 14. The number of hydrogen-bond donors (Lipinski definition) is 1. The van der Waals surface area contributed by atoms with Crippen LogP contribution in [0.1, 0.15) is 74.4 Å². The van der Waals surface area contributed by atoms with Gasteiger partial charge in [0.25, 0.3) is 0 Å². The van der Waals surface area contributed by atoms with Gasteiger partial charge in [-0.2, -0.15) is 0 Å². The average molecular weight is 870 g/mol. The Morgan fingerprint density at radius 3 is 1.90 bits per heavy atom. The van der Waals surface area contributed by atoms with Crippen LogP contribution >= 0.6 is 23.2 Å². The second-order valence-electron chi connectivity index (χ2n) is 13.9. The van der Waals surface area contributed by atoms with Crippen molar-refractivity contribution in [1.82, 2.24) is 39.5 Å². The lowest BCUT2D eigenvalue weighted by atomic mass is 9.96. The summed E-state index contributed by atoms with van der Waals surface area (Å²) < 4.78 is 58.8. The van der Waals surface area contributed by atoms with Gasteiger partial charge in [0, 0.05) is 6.92 Å².